The summed E-state index contributed by atoms with van der Waals surface area (Å²) in [7, 11) is 0. The highest BCUT2D eigenvalue weighted by Gasteiger charge is 2.51. The fourth-order valence-electron chi connectivity index (χ4n) is 2.89. The van der Waals surface area contributed by atoms with Gasteiger partial charge in [-0.3, -0.25) is 4.79 Å². The number of nitrogens with one attached hydrogen (secondary N) is 1. The van der Waals surface area contributed by atoms with Crippen molar-refractivity contribution in [2.75, 3.05) is 5.32 Å². The predicted molar refractivity (Wildman–Crippen MR) is 93.4 cm³/mol. The van der Waals surface area contributed by atoms with E-state index in [1.807, 2.05) is 30.3 Å². The molecule has 0 aliphatic heterocycles. The highest BCUT2D eigenvalue weighted by atomic mass is 32.1. The second kappa shape index (κ2) is 6.04. The quantitative estimate of drug-likeness (QED) is 0.732. The molecule has 1 aromatic heterocycles. The standard InChI is InChI=1S/C19H14F2N2OS/c20-13-6-7-15(21)14(10-13)16-11-25-18(22-16)23-17(24)19(8-9-19)12-4-2-1-3-5-12/h1-7,10-11H,8-9H2,(H,22,23,24). The number of benzene rings is 2. The Kier molecular flexibility index (Phi) is 3.84. The maximum Gasteiger partial charge on any atom is 0.236 e. The van der Waals surface area contributed by atoms with Crippen molar-refractivity contribution in [3.8, 4) is 11.3 Å². The molecule has 1 fully saturated rings. The molecule has 1 aliphatic rings. The summed E-state index contributed by atoms with van der Waals surface area (Å²) in [5, 5.41) is 4.81. The first-order valence-electron chi connectivity index (χ1n) is 7.86. The topological polar surface area (TPSA) is 42.0 Å². The van der Waals surface area contributed by atoms with Crippen LogP contribution in [0.5, 0.6) is 0 Å². The van der Waals surface area contributed by atoms with E-state index in [1.54, 1.807) is 5.38 Å². The third-order valence-electron chi connectivity index (χ3n) is 4.44. The third kappa shape index (κ3) is 2.93. The van der Waals surface area contributed by atoms with Crippen LogP contribution < -0.4 is 5.32 Å². The minimum absolute atomic E-state index is 0.0842. The lowest BCUT2D eigenvalue weighted by Crippen LogP contribution is -2.27. The van der Waals surface area contributed by atoms with E-state index in [0.29, 0.717) is 10.8 Å². The second-order valence-corrected chi connectivity index (χ2v) is 6.92. The van der Waals surface area contributed by atoms with Crippen LogP contribution in [0.3, 0.4) is 0 Å². The van der Waals surface area contributed by atoms with E-state index >= 15 is 0 Å². The number of rotatable bonds is 4. The predicted octanol–water partition coefficient (Wildman–Crippen LogP) is 4.76. The minimum atomic E-state index is -0.549. The van der Waals surface area contributed by atoms with Crippen LogP contribution in [-0.2, 0) is 10.2 Å². The Labute approximate surface area is 147 Å². The number of thiazole rings is 1. The van der Waals surface area contributed by atoms with Crippen LogP contribution >= 0.6 is 11.3 Å². The molecule has 0 atom stereocenters. The largest absolute Gasteiger partial charge is 0.301 e. The smallest absolute Gasteiger partial charge is 0.236 e. The summed E-state index contributed by atoms with van der Waals surface area (Å²) in [6, 6.07) is 12.9. The molecule has 0 bridgehead atoms. The van der Waals surface area contributed by atoms with E-state index in [1.165, 1.54) is 11.3 Å². The molecular weight excluding hydrogens is 342 g/mol. The zero-order valence-electron chi connectivity index (χ0n) is 13.1. The summed E-state index contributed by atoms with van der Waals surface area (Å²) in [4.78, 5) is 16.9. The highest BCUT2D eigenvalue weighted by molar-refractivity contribution is 7.14. The zero-order chi connectivity index (χ0) is 17.4. The molecule has 6 heteroatoms. The first kappa shape index (κ1) is 15.9. The van der Waals surface area contributed by atoms with Crippen LogP contribution in [0.4, 0.5) is 13.9 Å². The van der Waals surface area contributed by atoms with E-state index in [4.69, 9.17) is 0 Å². The van der Waals surface area contributed by atoms with E-state index in [0.717, 1.165) is 36.6 Å². The summed E-state index contributed by atoms with van der Waals surface area (Å²) >= 11 is 1.19. The Morgan fingerprint density at radius 2 is 1.88 bits per heavy atom. The van der Waals surface area contributed by atoms with Gasteiger partial charge in [-0.2, -0.15) is 0 Å². The Morgan fingerprint density at radius 3 is 2.60 bits per heavy atom. The number of nitrogens with zero attached hydrogens (tertiary/aromatic N) is 1. The monoisotopic (exact) mass is 356 g/mol. The van der Waals surface area contributed by atoms with Crippen molar-refractivity contribution in [2.45, 2.75) is 18.3 Å². The van der Waals surface area contributed by atoms with Crippen LogP contribution in [0.2, 0.25) is 0 Å². The third-order valence-corrected chi connectivity index (χ3v) is 5.20. The summed E-state index contributed by atoms with van der Waals surface area (Å²) in [5.41, 5.74) is 0.875. The van der Waals surface area contributed by atoms with Crippen molar-refractivity contribution in [1.29, 1.82) is 0 Å². The Morgan fingerprint density at radius 1 is 1.12 bits per heavy atom. The second-order valence-electron chi connectivity index (χ2n) is 6.06. The molecule has 1 saturated carbocycles. The highest BCUT2D eigenvalue weighted by Crippen LogP contribution is 2.49. The number of hydrogen-bond donors (Lipinski definition) is 1. The van der Waals surface area contributed by atoms with Crippen molar-refractivity contribution >= 4 is 22.4 Å². The van der Waals surface area contributed by atoms with Gasteiger partial charge in [-0.25, -0.2) is 13.8 Å². The molecule has 0 unspecified atom stereocenters. The summed E-state index contributed by atoms with van der Waals surface area (Å²) < 4.78 is 27.2. The average Bonchev–Trinajstić information content (AvgIpc) is 3.32. The van der Waals surface area contributed by atoms with E-state index in [-0.39, 0.29) is 11.5 Å². The normalized spacial score (nSPS) is 15.0. The van der Waals surface area contributed by atoms with Gasteiger partial charge in [0.2, 0.25) is 5.91 Å². The lowest BCUT2D eigenvalue weighted by Gasteiger charge is -2.14. The molecule has 25 heavy (non-hydrogen) atoms. The molecule has 4 rings (SSSR count). The van der Waals surface area contributed by atoms with Crippen molar-refractivity contribution in [3.05, 3.63) is 71.1 Å². The first-order chi connectivity index (χ1) is 12.1. The van der Waals surface area contributed by atoms with Gasteiger partial charge in [-0.1, -0.05) is 30.3 Å². The van der Waals surface area contributed by atoms with Crippen molar-refractivity contribution in [3.63, 3.8) is 0 Å². The van der Waals surface area contributed by atoms with Gasteiger partial charge in [-0.15, -0.1) is 11.3 Å². The fraction of sp³-hybridized carbons (Fsp3) is 0.158. The average molecular weight is 356 g/mol. The Hall–Kier alpha value is -2.60. The zero-order valence-corrected chi connectivity index (χ0v) is 13.9. The van der Waals surface area contributed by atoms with Gasteiger partial charge in [0.25, 0.3) is 0 Å². The van der Waals surface area contributed by atoms with Crippen LogP contribution in [0.15, 0.2) is 53.9 Å². The van der Waals surface area contributed by atoms with Gasteiger partial charge in [0.05, 0.1) is 11.1 Å². The Bertz CT molecular complexity index is 936. The van der Waals surface area contributed by atoms with E-state index in [9.17, 15) is 13.6 Å². The van der Waals surface area contributed by atoms with Crippen LogP contribution in [-0.4, -0.2) is 10.9 Å². The minimum Gasteiger partial charge on any atom is -0.301 e. The molecule has 1 aliphatic carbocycles. The molecule has 1 amide bonds. The molecule has 0 saturated heterocycles. The van der Waals surface area contributed by atoms with Crippen LogP contribution in [0, 0.1) is 11.6 Å². The molecule has 3 aromatic rings. The number of aromatic nitrogens is 1. The molecular formula is C19H14F2N2OS. The summed E-state index contributed by atoms with van der Waals surface area (Å²) in [5.74, 6) is -1.19. The van der Waals surface area contributed by atoms with E-state index < -0.39 is 17.0 Å². The van der Waals surface area contributed by atoms with Gasteiger partial charge < -0.3 is 5.32 Å². The number of amides is 1. The van der Waals surface area contributed by atoms with Crippen molar-refractivity contribution in [1.82, 2.24) is 4.98 Å². The molecule has 1 heterocycles. The SMILES string of the molecule is O=C(Nc1nc(-c2cc(F)ccc2F)cs1)C1(c2ccccc2)CC1. The number of carbonyl (C=O) groups excluding carboxylic acids is 1. The van der Waals surface area contributed by atoms with Crippen molar-refractivity contribution in [2.24, 2.45) is 0 Å². The van der Waals surface area contributed by atoms with Crippen molar-refractivity contribution < 1.29 is 13.6 Å². The van der Waals surface area contributed by atoms with Crippen LogP contribution in [0.1, 0.15) is 18.4 Å². The maximum atomic E-state index is 13.9. The number of anilines is 1. The Balaban J connectivity index is 1.56. The first-order valence-corrected chi connectivity index (χ1v) is 8.74. The number of hydrogen-bond acceptors (Lipinski definition) is 3. The number of halogens is 2. The maximum absolute atomic E-state index is 13.9. The lowest BCUT2D eigenvalue weighted by molar-refractivity contribution is -0.118. The fourth-order valence-corrected chi connectivity index (χ4v) is 3.60. The van der Waals surface area contributed by atoms with Crippen LogP contribution in [0.25, 0.3) is 11.3 Å². The molecule has 3 nitrogen and oxygen atoms in total. The molecule has 0 spiro atoms. The molecule has 126 valence electrons. The molecule has 2 aromatic carbocycles. The summed E-state index contributed by atoms with van der Waals surface area (Å²) in [6.07, 6.45) is 1.58. The molecule has 0 radical (unpaired) electrons. The van der Waals surface area contributed by atoms with Gasteiger partial charge in [0.1, 0.15) is 11.6 Å². The van der Waals surface area contributed by atoms with Gasteiger partial charge >= 0.3 is 0 Å². The summed E-state index contributed by atoms with van der Waals surface area (Å²) in [6.45, 7) is 0. The van der Waals surface area contributed by atoms with Gasteiger partial charge in [0.15, 0.2) is 5.13 Å². The van der Waals surface area contributed by atoms with Gasteiger partial charge in [0, 0.05) is 10.9 Å². The van der Waals surface area contributed by atoms with E-state index in [2.05, 4.69) is 10.3 Å². The lowest BCUT2D eigenvalue weighted by atomic mass is 9.95. The number of carbonyl (C=O) groups is 1. The molecule has 1 N–H and O–H groups in total. The van der Waals surface area contributed by atoms with Gasteiger partial charge in [-0.05, 0) is 36.6 Å².